The van der Waals surface area contributed by atoms with Crippen molar-refractivity contribution >= 4 is 35.0 Å². The third kappa shape index (κ3) is 0.955. The van der Waals surface area contributed by atoms with E-state index in [1.54, 1.807) is 11.8 Å². The summed E-state index contributed by atoms with van der Waals surface area (Å²) in [6.07, 6.45) is 0.945. The Morgan fingerprint density at radius 3 is 1.83 bits per heavy atom. The van der Waals surface area contributed by atoms with Gasteiger partial charge in [-0.2, -0.15) is 0 Å². The Hall–Kier alpha value is 0.930. The van der Waals surface area contributed by atoms with Crippen LogP contribution in [0.2, 0.25) is 0 Å². The summed E-state index contributed by atoms with van der Waals surface area (Å²) in [5, 5.41) is 0. The van der Waals surface area contributed by atoms with Gasteiger partial charge in [-0.05, 0) is 12.2 Å². The molecule has 3 heteroatoms. The van der Waals surface area contributed by atoms with E-state index in [1.165, 1.54) is 0 Å². The summed E-state index contributed by atoms with van der Waals surface area (Å²) in [5.41, 5.74) is 0. The lowest BCUT2D eigenvalue weighted by Gasteiger charge is -2.27. The zero-order valence-electron chi connectivity index (χ0n) is 3.08. The van der Waals surface area contributed by atoms with Gasteiger partial charge in [0.05, 0.1) is 0 Å². The van der Waals surface area contributed by atoms with E-state index in [4.69, 9.17) is 23.2 Å². The fraction of sp³-hybridized carbons (Fsp3) is 1.00. The molecular formula is C3H4Cl2S. The Morgan fingerprint density at radius 2 is 1.83 bits per heavy atom. The first kappa shape index (κ1) is 5.07. The second-order valence-electron chi connectivity index (χ2n) is 1.24. The average molecular weight is 143 g/mol. The van der Waals surface area contributed by atoms with E-state index in [1.807, 2.05) is 0 Å². The fourth-order valence-electron chi connectivity index (χ4n) is 0.256. The van der Waals surface area contributed by atoms with Crippen molar-refractivity contribution in [2.75, 3.05) is 5.75 Å². The first-order chi connectivity index (χ1) is 2.71. The van der Waals surface area contributed by atoms with E-state index < -0.39 is 3.67 Å². The maximum atomic E-state index is 5.53. The molecule has 1 aliphatic rings. The van der Waals surface area contributed by atoms with Crippen LogP contribution in [0, 0.1) is 0 Å². The summed E-state index contributed by atoms with van der Waals surface area (Å²) in [5.74, 6) is 1.12. The van der Waals surface area contributed by atoms with E-state index in [-0.39, 0.29) is 0 Å². The molecule has 0 aromatic rings. The summed E-state index contributed by atoms with van der Waals surface area (Å²) >= 11 is 12.7. The van der Waals surface area contributed by atoms with E-state index in [9.17, 15) is 0 Å². The lowest BCUT2D eigenvalue weighted by Crippen LogP contribution is -2.19. The highest BCUT2D eigenvalue weighted by Gasteiger charge is 2.32. The van der Waals surface area contributed by atoms with Crippen molar-refractivity contribution in [3.63, 3.8) is 0 Å². The van der Waals surface area contributed by atoms with Crippen molar-refractivity contribution in [3.8, 4) is 0 Å². The highest BCUT2D eigenvalue weighted by Crippen LogP contribution is 2.47. The van der Waals surface area contributed by atoms with Crippen molar-refractivity contribution in [2.45, 2.75) is 10.1 Å². The second kappa shape index (κ2) is 1.46. The minimum atomic E-state index is -0.417. The first-order valence-electron chi connectivity index (χ1n) is 1.72. The zero-order chi connectivity index (χ0) is 4.62. The molecule has 0 nitrogen and oxygen atoms in total. The van der Waals surface area contributed by atoms with E-state index in [0.29, 0.717) is 0 Å². The van der Waals surface area contributed by atoms with Crippen LogP contribution < -0.4 is 0 Å². The number of thioether (sulfide) groups is 1. The lowest BCUT2D eigenvalue weighted by atomic mass is 10.5. The largest absolute Gasteiger partial charge is 0.164 e. The highest BCUT2D eigenvalue weighted by atomic mass is 35.5. The third-order valence-electron chi connectivity index (χ3n) is 0.706. The number of hydrogen-bond donors (Lipinski definition) is 0. The van der Waals surface area contributed by atoms with Crippen LogP contribution in [0.15, 0.2) is 0 Å². The van der Waals surface area contributed by atoms with Gasteiger partial charge in [-0.3, -0.25) is 0 Å². The fourth-order valence-corrected chi connectivity index (χ4v) is 1.69. The molecule has 1 saturated heterocycles. The molecule has 0 aliphatic carbocycles. The summed E-state index contributed by atoms with van der Waals surface area (Å²) in [4.78, 5) is 0. The van der Waals surface area contributed by atoms with Crippen LogP contribution >= 0.6 is 35.0 Å². The predicted octanol–water partition coefficient (Wildman–Crippen LogP) is 2.25. The second-order valence-corrected chi connectivity index (χ2v) is 4.56. The molecule has 1 fully saturated rings. The minimum absolute atomic E-state index is 0.417. The Balaban J connectivity index is 2.31. The van der Waals surface area contributed by atoms with E-state index >= 15 is 0 Å². The average Bonchev–Trinajstić information content (AvgIpc) is 1.32. The molecule has 0 bridgehead atoms. The molecule has 0 atom stereocenters. The molecule has 0 N–H and O–H groups in total. The number of hydrogen-bond acceptors (Lipinski definition) is 1. The molecule has 0 aromatic heterocycles. The van der Waals surface area contributed by atoms with E-state index in [0.717, 1.165) is 12.2 Å². The Kier molecular flexibility index (Phi) is 1.24. The molecule has 1 rings (SSSR count). The van der Waals surface area contributed by atoms with Gasteiger partial charge in [0.15, 0.2) is 3.67 Å². The van der Waals surface area contributed by atoms with Crippen molar-refractivity contribution in [3.05, 3.63) is 0 Å². The summed E-state index contributed by atoms with van der Waals surface area (Å²) in [7, 11) is 0. The SMILES string of the molecule is ClC1(Cl)CCS1. The number of alkyl halides is 2. The molecule has 1 heterocycles. The van der Waals surface area contributed by atoms with Gasteiger partial charge in [-0.1, -0.05) is 23.2 Å². The van der Waals surface area contributed by atoms with Crippen LogP contribution in [0.4, 0.5) is 0 Å². The molecule has 0 spiro atoms. The quantitative estimate of drug-likeness (QED) is 0.468. The first-order valence-corrected chi connectivity index (χ1v) is 3.47. The Labute approximate surface area is 51.2 Å². The molecule has 1 aliphatic heterocycles. The van der Waals surface area contributed by atoms with Crippen LogP contribution in [0.25, 0.3) is 0 Å². The van der Waals surface area contributed by atoms with E-state index in [2.05, 4.69) is 0 Å². The number of halogens is 2. The summed E-state index contributed by atoms with van der Waals surface area (Å²) in [6.45, 7) is 0. The van der Waals surface area contributed by atoms with Gasteiger partial charge in [0.2, 0.25) is 0 Å². The lowest BCUT2D eigenvalue weighted by molar-refractivity contribution is 0.935. The molecule has 36 valence electrons. The Morgan fingerprint density at radius 1 is 1.50 bits per heavy atom. The molecule has 0 radical (unpaired) electrons. The zero-order valence-corrected chi connectivity index (χ0v) is 5.41. The Bertz CT molecular complexity index is 55.8. The maximum absolute atomic E-state index is 5.53. The van der Waals surface area contributed by atoms with Crippen LogP contribution in [0.3, 0.4) is 0 Å². The minimum Gasteiger partial charge on any atom is -0.123 e. The molecule has 0 aromatic carbocycles. The van der Waals surface area contributed by atoms with Gasteiger partial charge < -0.3 is 0 Å². The topological polar surface area (TPSA) is 0 Å². The van der Waals surface area contributed by atoms with Gasteiger partial charge in [0.25, 0.3) is 0 Å². The summed E-state index contributed by atoms with van der Waals surface area (Å²) < 4.78 is -0.417. The molecule has 0 unspecified atom stereocenters. The number of rotatable bonds is 0. The van der Waals surface area contributed by atoms with Crippen molar-refractivity contribution in [2.24, 2.45) is 0 Å². The molecule has 0 amide bonds. The van der Waals surface area contributed by atoms with Crippen LogP contribution in [0.5, 0.6) is 0 Å². The maximum Gasteiger partial charge on any atom is 0.164 e. The van der Waals surface area contributed by atoms with Crippen LogP contribution in [0.1, 0.15) is 6.42 Å². The standard InChI is InChI=1S/C3H4Cl2S/c4-3(5)1-2-6-3/h1-2H2. The van der Waals surface area contributed by atoms with Gasteiger partial charge in [0.1, 0.15) is 0 Å². The van der Waals surface area contributed by atoms with Gasteiger partial charge >= 0.3 is 0 Å². The molecular weight excluding hydrogens is 139 g/mol. The van der Waals surface area contributed by atoms with Crippen molar-refractivity contribution in [1.82, 2.24) is 0 Å². The molecule has 6 heavy (non-hydrogen) atoms. The summed E-state index contributed by atoms with van der Waals surface area (Å²) in [6, 6.07) is 0. The monoisotopic (exact) mass is 142 g/mol. The van der Waals surface area contributed by atoms with Crippen molar-refractivity contribution in [1.29, 1.82) is 0 Å². The normalized spacial score (nSPS) is 29.0. The van der Waals surface area contributed by atoms with Gasteiger partial charge in [-0.25, -0.2) is 0 Å². The van der Waals surface area contributed by atoms with Crippen molar-refractivity contribution < 1.29 is 0 Å². The smallest absolute Gasteiger partial charge is 0.123 e. The third-order valence-corrected chi connectivity index (χ3v) is 2.77. The van der Waals surface area contributed by atoms with Gasteiger partial charge in [0, 0.05) is 0 Å². The van der Waals surface area contributed by atoms with Crippen LogP contribution in [-0.4, -0.2) is 9.42 Å². The molecule has 0 saturated carbocycles. The van der Waals surface area contributed by atoms with Crippen LogP contribution in [-0.2, 0) is 0 Å². The highest BCUT2D eigenvalue weighted by molar-refractivity contribution is 8.04. The predicted molar refractivity (Wildman–Crippen MR) is 31.5 cm³/mol. The van der Waals surface area contributed by atoms with Gasteiger partial charge in [-0.15, -0.1) is 11.8 Å².